The Hall–Kier alpha value is -3.30. The molecule has 1 aromatic carbocycles. The number of carbonyl (C=O) groups is 4. The van der Waals surface area contributed by atoms with Crippen molar-refractivity contribution in [3.8, 4) is 5.75 Å². The minimum absolute atomic E-state index is 0.0710. The van der Waals surface area contributed by atoms with E-state index in [1.165, 1.54) is 11.0 Å². The highest BCUT2D eigenvalue weighted by Gasteiger charge is 2.48. The van der Waals surface area contributed by atoms with Crippen molar-refractivity contribution in [2.45, 2.75) is 97.4 Å². The van der Waals surface area contributed by atoms with Crippen LogP contribution in [0.25, 0.3) is 0 Å². The number of hydrogen-bond donors (Lipinski definition) is 4. The van der Waals surface area contributed by atoms with E-state index in [-0.39, 0.29) is 23.6 Å². The zero-order chi connectivity index (χ0) is 27.9. The van der Waals surface area contributed by atoms with E-state index in [1.807, 2.05) is 6.92 Å². The van der Waals surface area contributed by atoms with Crippen LogP contribution in [0.1, 0.15) is 83.9 Å². The Bertz CT molecular complexity index is 990. The van der Waals surface area contributed by atoms with Crippen LogP contribution < -0.4 is 16.4 Å². The number of alkyl carbamates (subject to hydrolysis) is 1. The molecule has 10 heteroatoms. The number of rotatable bonds is 12. The van der Waals surface area contributed by atoms with Gasteiger partial charge in [-0.3, -0.25) is 14.4 Å². The predicted octanol–water partition coefficient (Wildman–Crippen LogP) is 3.05. The smallest absolute Gasteiger partial charge is 0.408 e. The highest BCUT2D eigenvalue weighted by atomic mass is 16.6. The van der Waals surface area contributed by atoms with Crippen molar-refractivity contribution in [1.29, 1.82) is 0 Å². The van der Waals surface area contributed by atoms with E-state index in [0.29, 0.717) is 24.1 Å². The molecule has 0 spiro atoms. The number of aryl methyl sites for hydroxylation is 1. The first kappa shape index (κ1) is 29.9. The molecular weight excluding hydrogens is 476 g/mol. The van der Waals surface area contributed by atoms with Gasteiger partial charge in [0.25, 0.3) is 0 Å². The molecule has 1 fully saturated rings. The molecule has 4 amide bonds. The first-order chi connectivity index (χ1) is 17.2. The lowest BCUT2D eigenvalue weighted by Crippen LogP contribution is -2.55. The summed E-state index contributed by atoms with van der Waals surface area (Å²) in [7, 11) is 0. The quantitative estimate of drug-likeness (QED) is 0.312. The summed E-state index contributed by atoms with van der Waals surface area (Å²) in [6.07, 6.45) is 2.09. The fraction of sp³-hybridized carbons (Fsp3) is 0.630. The maximum absolute atomic E-state index is 14.0. The number of unbranched alkanes of at least 4 members (excludes halogenated alkanes) is 2. The van der Waals surface area contributed by atoms with Crippen LogP contribution in [0.5, 0.6) is 5.75 Å². The molecule has 10 nitrogen and oxygen atoms in total. The number of phenolic OH excluding ortho intramolecular Hbond substituents is 1. The van der Waals surface area contributed by atoms with Gasteiger partial charge in [0.05, 0.1) is 6.42 Å². The molecule has 0 radical (unpaired) electrons. The SMILES string of the molecule is CCCCCNC(=O)C(c1ccc(O)c(C)c1)N(C(=O)C(CC(N)=O)NC(=O)OC(C)(C)C)C1CC1C. The van der Waals surface area contributed by atoms with Crippen LogP contribution in [0.2, 0.25) is 0 Å². The Kier molecular flexibility index (Phi) is 10.3. The van der Waals surface area contributed by atoms with Gasteiger partial charge in [-0.1, -0.05) is 32.8 Å². The molecule has 5 N–H and O–H groups in total. The predicted molar refractivity (Wildman–Crippen MR) is 140 cm³/mol. The minimum Gasteiger partial charge on any atom is -0.508 e. The van der Waals surface area contributed by atoms with E-state index in [4.69, 9.17) is 10.5 Å². The van der Waals surface area contributed by atoms with Gasteiger partial charge in [-0.05, 0) is 69.7 Å². The maximum atomic E-state index is 14.0. The molecule has 0 saturated heterocycles. The zero-order valence-corrected chi connectivity index (χ0v) is 22.8. The van der Waals surface area contributed by atoms with Crippen molar-refractivity contribution in [3.05, 3.63) is 29.3 Å². The number of aromatic hydroxyl groups is 1. The summed E-state index contributed by atoms with van der Waals surface area (Å²) in [6.45, 7) is 11.2. The molecule has 1 aliphatic rings. The third-order valence-electron chi connectivity index (χ3n) is 6.22. The normalized spacial score (nSPS) is 18.3. The number of nitrogens with zero attached hydrogens (tertiary/aromatic N) is 1. The Morgan fingerprint density at radius 1 is 1.22 bits per heavy atom. The van der Waals surface area contributed by atoms with E-state index in [1.54, 1.807) is 39.8 Å². The molecule has 2 rings (SSSR count). The standard InChI is InChI=1S/C27H42N4O6/c1-7-8-9-12-29-24(34)23(18-10-11-21(32)17(3)13-18)31(20-14-16(20)2)25(35)19(15-22(28)33)30-26(36)37-27(4,5)6/h10-11,13,16,19-20,23,32H,7-9,12,14-15H2,1-6H3,(H2,28,33)(H,29,34)(H,30,36). The molecule has 4 unspecified atom stereocenters. The number of hydrogen-bond acceptors (Lipinski definition) is 6. The van der Waals surface area contributed by atoms with Crippen LogP contribution in [-0.2, 0) is 19.1 Å². The van der Waals surface area contributed by atoms with Crippen molar-refractivity contribution >= 4 is 23.8 Å². The zero-order valence-electron chi connectivity index (χ0n) is 22.8. The number of phenols is 1. The van der Waals surface area contributed by atoms with E-state index in [2.05, 4.69) is 17.6 Å². The van der Waals surface area contributed by atoms with Crippen molar-refractivity contribution in [2.75, 3.05) is 6.54 Å². The summed E-state index contributed by atoms with van der Waals surface area (Å²) in [6, 6.07) is 2.15. The molecule has 4 atom stereocenters. The summed E-state index contributed by atoms with van der Waals surface area (Å²) in [4.78, 5) is 53.4. The number of nitrogens with one attached hydrogen (secondary N) is 2. The summed E-state index contributed by atoms with van der Waals surface area (Å²) >= 11 is 0. The van der Waals surface area contributed by atoms with Crippen LogP contribution in [0.3, 0.4) is 0 Å². The molecular formula is C27H42N4O6. The van der Waals surface area contributed by atoms with Gasteiger partial charge in [0.1, 0.15) is 23.4 Å². The van der Waals surface area contributed by atoms with Crippen molar-refractivity contribution in [2.24, 2.45) is 11.7 Å². The lowest BCUT2D eigenvalue weighted by Gasteiger charge is -2.35. The van der Waals surface area contributed by atoms with Gasteiger partial charge in [0.2, 0.25) is 17.7 Å². The molecule has 1 aromatic rings. The fourth-order valence-corrected chi connectivity index (χ4v) is 4.17. The Morgan fingerprint density at radius 3 is 2.38 bits per heavy atom. The first-order valence-electron chi connectivity index (χ1n) is 12.9. The highest BCUT2D eigenvalue weighted by molar-refractivity contribution is 5.95. The molecule has 0 bridgehead atoms. The van der Waals surface area contributed by atoms with Crippen molar-refractivity contribution < 1.29 is 29.0 Å². The Morgan fingerprint density at radius 2 is 1.86 bits per heavy atom. The van der Waals surface area contributed by atoms with Crippen molar-refractivity contribution in [3.63, 3.8) is 0 Å². The van der Waals surface area contributed by atoms with Crippen LogP contribution in [0.4, 0.5) is 4.79 Å². The van der Waals surface area contributed by atoms with Gasteiger partial charge in [-0.25, -0.2) is 4.79 Å². The summed E-state index contributed by atoms with van der Waals surface area (Å²) in [5, 5.41) is 15.5. The van der Waals surface area contributed by atoms with Gasteiger partial charge in [0.15, 0.2) is 0 Å². The lowest BCUT2D eigenvalue weighted by atomic mass is 9.99. The molecule has 37 heavy (non-hydrogen) atoms. The van der Waals surface area contributed by atoms with E-state index in [9.17, 15) is 24.3 Å². The van der Waals surface area contributed by atoms with Crippen LogP contribution >= 0.6 is 0 Å². The maximum Gasteiger partial charge on any atom is 0.408 e. The highest BCUT2D eigenvalue weighted by Crippen LogP contribution is 2.41. The van der Waals surface area contributed by atoms with E-state index >= 15 is 0 Å². The fourth-order valence-electron chi connectivity index (χ4n) is 4.17. The van der Waals surface area contributed by atoms with Crippen LogP contribution in [0, 0.1) is 12.8 Å². The van der Waals surface area contributed by atoms with Crippen LogP contribution in [-0.4, -0.2) is 58.1 Å². The summed E-state index contributed by atoms with van der Waals surface area (Å²) in [5.74, 6) is -1.56. The van der Waals surface area contributed by atoms with Crippen molar-refractivity contribution in [1.82, 2.24) is 15.5 Å². The first-order valence-corrected chi connectivity index (χ1v) is 12.9. The van der Waals surface area contributed by atoms with E-state index in [0.717, 1.165) is 19.3 Å². The molecule has 206 valence electrons. The van der Waals surface area contributed by atoms with Gasteiger partial charge < -0.3 is 31.1 Å². The number of nitrogens with two attached hydrogens (primary N) is 1. The van der Waals surface area contributed by atoms with Gasteiger partial charge in [-0.15, -0.1) is 0 Å². The summed E-state index contributed by atoms with van der Waals surface area (Å²) in [5.41, 5.74) is 5.68. The second kappa shape index (κ2) is 12.8. The van der Waals surface area contributed by atoms with Crippen LogP contribution in [0.15, 0.2) is 18.2 Å². The molecule has 0 aromatic heterocycles. The van der Waals surface area contributed by atoms with Gasteiger partial charge in [0, 0.05) is 12.6 Å². The average molecular weight is 519 g/mol. The largest absolute Gasteiger partial charge is 0.508 e. The van der Waals surface area contributed by atoms with Gasteiger partial charge >= 0.3 is 6.09 Å². The monoisotopic (exact) mass is 518 g/mol. The molecule has 1 saturated carbocycles. The lowest BCUT2D eigenvalue weighted by molar-refractivity contribution is -0.144. The second-order valence-electron chi connectivity index (χ2n) is 10.8. The third kappa shape index (κ3) is 8.94. The second-order valence-corrected chi connectivity index (χ2v) is 10.8. The Balaban J connectivity index is 2.47. The average Bonchev–Trinajstić information content (AvgIpc) is 3.50. The van der Waals surface area contributed by atoms with E-state index < -0.39 is 42.0 Å². The topological polar surface area (TPSA) is 151 Å². The molecule has 0 heterocycles. The number of amides is 4. The number of carbonyl (C=O) groups excluding carboxylic acids is 4. The van der Waals surface area contributed by atoms with Gasteiger partial charge in [-0.2, -0.15) is 0 Å². The Labute approximate surface area is 219 Å². The number of primary amides is 1. The minimum atomic E-state index is -1.31. The molecule has 1 aliphatic carbocycles. The molecule has 0 aliphatic heterocycles. The summed E-state index contributed by atoms with van der Waals surface area (Å²) < 4.78 is 5.29. The number of ether oxygens (including phenoxy) is 1. The third-order valence-corrected chi connectivity index (χ3v) is 6.22. The number of benzene rings is 1.